The molecule has 94 valence electrons. The van der Waals surface area contributed by atoms with Crippen molar-refractivity contribution in [2.45, 2.75) is 51.5 Å². The zero-order valence-corrected chi connectivity index (χ0v) is 11.4. The first kappa shape index (κ1) is 12.6. The second-order valence-corrected chi connectivity index (χ2v) is 5.66. The summed E-state index contributed by atoms with van der Waals surface area (Å²) in [6.07, 6.45) is 4.06. The van der Waals surface area contributed by atoms with Crippen molar-refractivity contribution in [3.8, 4) is 0 Å². The van der Waals surface area contributed by atoms with E-state index in [0.29, 0.717) is 17.4 Å². The van der Waals surface area contributed by atoms with Crippen LogP contribution in [-0.4, -0.2) is 12.6 Å². The third-order valence-corrected chi connectivity index (χ3v) is 4.28. The molecule has 1 fully saturated rings. The normalized spacial score (nSPS) is 20.0. The summed E-state index contributed by atoms with van der Waals surface area (Å²) >= 11 is 0. The van der Waals surface area contributed by atoms with E-state index in [2.05, 4.69) is 56.4 Å². The van der Waals surface area contributed by atoms with E-state index < -0.39 is 0 Å². The van der Waals surface area contributed by atoms with E-state index in [0.717, 1.165) is 6.54 Å². The number of rotatable bonds is 5. The predicted octanol–water partition coefficient (Wildman–Crippen LogP) is 3.74. The van der Waals surface area contributed by atoms with Gasteiger partial charge < -0.3 is 5.32 Å². The molecular weight excluding hydrogens is 206 g/mol. The van der Waals surface area contributed by atoms with Crippen molar-refractivity contribution in [3.63, 3.8) is 0 Å². The maximum absolute atomic E-state index is 3.72. The first-order valence-corrected chi connectivity index (χ1v) is 6.99. The fourth-order valence-corrected chi connectivity index (χ4v) is 3.40. The largest absolute Gasteiger partial charge is 0.313 e. The highest BCUT2D eigenvalue weighted by atomic mass is 14.9. The van der Waals surface area contributed by atoms with Crippen molar-refractivity contribution in [3.05, 3.63) is 35.9 Å². The fourth-order valence-electron chi connectivity index (χ4n) is 3.40. The predicted molar refractivity (Wildman–Crippen MR) is 74.3 cm³/mol. The highest BCUT2D eigenvalue weighted by molar-refractivity contribution is 5.31. The molecule has 0 bridgehead atoms. The molecule has 0 aromatic heterocycles. The lowest BCUT2D eigenvalue weighted by Gasteiger charge is -2.50. The highest BCUT2D eigenvalue weighted by Gasteiger charge is 2.45. The Kier molecular flexibility index (Phi) is 3.88. The van der Waals surface area contributed by atoms with Gasteiger partial charge in [-0.2, -0.15) is 0 Å². The van der Waals surface area contributed by atoms with E-state index in [1.807, 2.05) is 0 Å². The molecule has 1 saturated carbocycles. The summed E-state index contributed by atoms with van der Waals surface area (Å²) in [5.74, 6) is 0.690. The van der Waals surface area contributed by atoms with Crippen molar-refractivity contribution in [2.24, 2.45) is 5.92 Å². The van der Waals surface area contributed by atoms with E-state index in [-0.39, 0.29) is 0 Å². The van der Waals surface area contributed by atoms with Gasteiger partial charge in [-0.1, -0.05) is 57.5 Å². The van der Waals surface area contributed by atoms with Gasteiger partial charge in [0.25, 0.3) is 0 Å². The van der Waals surface area contributed by atoms with Gasteiger partial charge in [-0.15, -0.1) is 0 Å². The molecule has 1 aromatic rings. The van der Waals surface area contributed by atoms with Crippen LogP contribution in [0.3, 0.4) is 0 Å². The summed E-state index contributed by atoms with van der Waals surface area (Å²) in [7, 11) is 0. The van der Waals surface area contributed by atoms with Crippen LogP contribution >= 0.6 is 0 Å². The van der Waals surface area contributed by atoms with Gasteiger partial charge in [-0.05, 0) is 30.9 Å². The minimum absolute atomic E-state index is 0.394. The molecule has 1 N–H and O–H groups in total. The summed E-state index contributed by atoms with van der Waals surface area (Å²) in [5.41, 5.74) is 1.93. The Balaban J connectivity index is 2.29. The molecule has 1 unspecified atom stereocenters. The second kappa shape index (κ2) is 5.22. The van der Waals surface area contributed by atoms with E-state index in [4.69, 9.17) is 0 Å². The molecule has 1 aliphatic rings. The van der Waals surface area contributed by atoms with Crippen LogP contribution in [0.5, 0.6) is 0 Å². The van der Waals surface area contributed by atoms with Crippen LogP contribution < -0.4 is 5.32 Å². The van der Waals surface area contributed by atoms with Gasteiger partial charge >= 0.3 is 0 Å². The van der Waals surface area contributed by atoms with Crippen LogP contribution in [0.4, 0.5) is 0 Å². The maximum atomic E-state index is 3.72. The molecule has 0 radical (unpaired) electrons. The number of nitrogens with one attached hydrogen (secondary N) is 1. The minimum Gasteiger partial charge on any atom is -0.313 e. The molecule has 1 atom stereocenters. The first-order valence-electron chi connectivity index (χ1n) is 6.99. The minimum atomic E-state index is 0.394. The third kappa shape index (κ3) is 2.26. The van der Waals surface area contributed by atoms with Crippen molar-refractivity contribution in [1.29, 1.82) is 0 Å². The summed E-state index contributed by atoms with van der Waals surface area (Å²) in [5, 5.41) is 3.72. The number of hydrogen-bond donors (Lipinski definition) is 1. The van der Waals surface area contributed by atoms with E-state index in [1.54, 1.807) is 0 Å². The Morgan fingerprint density at radius 3 is 2.24 bits per heavy atom. The lowest BCUT2D eigenvalue weighted by Crippen LogP contribution is -2.55. The summed E-state index contributed by atoms with van der Waals surface area (Å²) < 4.78 is 0. The molecule has 0 aliphatic heterocycles. The van der Waals surface area contributed by atoms with Gasteiger partial charge in [0.2, 0.25) is 0 Å². The van der Waals surface area contributed by atoms with Gasteiger partial charge in [-0.3, -0.25) is 0 Å². The van der Waals surface area contributed by atoms with Crippen LogP contribution in [0.15, 0.2) is 30.3 Å². The molecule has 0 spiro atoms. The molecule has 1 aromatic carbocycles. The molecule has 1 aliphatic carbocycles. The molecule has 0 heterocycles. The molecule has 2 rings (SSSR count). The second-order valence-electron chi connectivity index (χ2n) is 5.66. The summed E-state index contributed by atoms with van der Waals surface area (Å²) in [6.45, 7) is 7.97. The SMILES string of the molecule is CCNC(C(C)C)C1(c2ccccc2)CCC1. The van der Waals surface area contributed by atoms with Crippen LogP contribution in [0.2, 0.25) is 0 Å². The first-order chi connectivity index (χ1) is 8.20. The average molecular weight is 231 g/mol. The monoisotopic (exact) mass is 231 g/mol. The number of likely N-dealkylation sites (N-methyl/N-ethyl adjacent to an activating group) is 1. The molecule has 0 amide bonds. The number of benzene rings is 1. The van der Waals surface area contributed by atoms with Gasteiger partial charge in [0.05, 0.1) is 0 Å². The zero-order chi connectivity index (χ0) is 12.3. The molecule has 0 saturated heterocycles. The van der Waals surface area contributed by atoms with E-state index in [1.165, 1.54) is 24.8 Å². The summed E-state index contributed by atoms with van der Waals surface area (Å²) in [6, 6.07) is 11.7. The van der Waals surface area contributed by atoms with Crippen LogP contribution in [0.1, 0.15) is 45.6 Å². The molecule has 1 heteroatoms. The van der Waals surface area contributed by atoms with E-state index >= 15 is 0 Å². The average Bonchev–Trinajstić information content (AvgIpc) is 2.28. The zero-order valence-electron chi connectivity index (χ0n) is 11.4. The topological polar surface area (TPSA) is 12.0 Å². The third-order valence-electron chi connectivity index (χ3n) is 4.28. The van der Waals surface area contributed by atoms with Gasteiger partial charge in [0.15, 0.2) is 0 Å². The van der Waals surface area contributed by atoms with Crippen molar-refractivity contribution < 1.29 is 0 Å². The Labute approximate surface area is 106 Å². The van der Waals surface area contributed by atoms with Crippen LogP contribution in [0.25, 0.3) is 0 Å². The number of hydrogen-bond acceptors (Lipinski definition) is 1. The molecular formula is C16H25N. The Hall–Kier alpha value is -0.820. The van der Waals surface area contributed by atoms with E-state index in [9.17, 15) is 0 Å². The van der Waals surface area contributed by atoms with Crippen LogP contribution in [-0.2, 0) is 5.41 Å². The van der Waals surface area contributed by atoms with Crippen LogP contribution in [0, 0.1) is 5.92 Å². The Morgan fingerprint density at radius 1 is 1.18 bits per heavy atom. The quantitative estimate of drug-likeness (QED) is 0.814. The van der Waals surface area contributed by atoms with Gasteiger partial charge in [0, 0.05) is 11.5 Å². The summed E-state index contributed by atoms with van der Waals surface area (Å²) in [4.78, 5) is 0. The fraction of sp³-hybridized carbons (Fsp3) is 0.625. The maximum Gasteiger partial charge on any atom is 0.0187 e. The lowest BCUT2D eigenvalue weighted by molar-refractivity contribution is 0.137. The Morgan fingerprint density at radius 2 is 1.82 bits per heavy atom. The smallest absolute Gasteiger partial charge is 0.0187 e. The lowest BCUT2D eigenvalue weighted by atomic mass is 9.58. The highest BCUT2D eigenvalue weighted by Crippen LogP contribution is 2.48. The van der Waals surface area contributed by atoms with Gasteiger partial charge in [-0.25, -0.2) is 0 Å². The Bertz CT molecular complexity index is 338. The molecule has 17 heavy (non-hydrogen) atoms. The van der Waals surface area contributed by atoms with Gasteiger partial charge in [0.1, 0.15) is 0 Å². The standard InChI is InChI=1S/C16H25N/c1-4-17-15(13(2)3)16(11-8-12-16)14-9-6-5-7-10-14/h5-7,9-10,13,15,17H,4,8,11-12H2,1-3H3. The van der Waals surface area contributed by atoms with Crippen molar-refractivity contribution in [2.75, 3.05) is 6.54 Å². The van der Waals surface area contributed by atoms with Crippen molar-refractivity contribution >= 4 is 0 Å². The van der Waals surface area contributed by atoms with Crippen molar-refractivity contribution in [1.82, 2.24) is 5.32 Å². The molecule has 1 nitrogen and oxygen atoms in total.